The summed E-state index contributed by atoms with van der Waals surface area (Å²) in [5.41, 5.74) is 5.15. The van der Waals surface area contributed by atoms with Crippen LogP contribution in [0.3, 0.4) is 0 Å². The van der Waals surface area contributed by atoms with Gasteiger partial charge in [-0.3, -0.25) is 9.55 Å². The second-order valence-electron chi connectivity index (χ2n) is 2.96. The maximum Gasteiger partial charge on any atom is 0.323 e. The Morgan fingerprint density at radius 1 is 1.53 bits per heavy atom. The molecule has 0 unspecified atom stereocenters. The summed E-state index contributed by atoms with van der Waals surface area (Å²) in [7, 11) is 0. The molecule has 0 atom stereocenters. The van der Waals surface area contributed by atoms with E-state index in [1.54, 1.807) is 6.07 Å². The van der Waals surface area contributed by atoms with Crippen LogP contribution in [-0.4, -0.2) is 15.6 Å². The Morgan fingerprint density at radius 2 is 2.27 bits per heavy atom. The van der Waals surface area contributed by atoms with E-state index in [2.05, 4.69) is 4.98 Å². The molecule has 2 aromatic heterocycles. The fraction of sp³-hybridized carbons (Fsp3) is 0.111. The topological polar surface area (TPSA) is 60.9 Å². The number of aromatic nitrogens is 2. The minimum atomic E-state index is -2.68. The van der Waals surface area contributed by atoms with Crippen LogP contribution in [-0.2, 0) is 0 Å². The third kappa shape index (κ3) is 1.43. The van der Waals surface area contributed by atoms with Gasteiger partial charge in [0.25, 0.3) is 6.43 Å². The average molecular weight is 211 g/mol. The van der Waals surface area contributed by atoms with Crippen molar-refractivity contribution in [2.45, 2.75) is 6.43 Å². The van der Waals surface area contributed by atoms with Crippen LogP contribution in [0.15, 0.2) is 24.5 Å². The fourth-order valence-corrected chi connectivity index (χ4v) is 1.43. The second kappa shape index (κ2) is 3.30. The number of nitrogens with two attached hydrogens (primary N) is 1. The number of nitrogens with zero attached hydrogens (tertiary/aromatic N) is 2. The highest BCUT2D eigenvalue weighted by atomic mass is 19.3. The Morgan fingerprint density at radius 3 is 2.87 bits per heavy atom. The molecule has 1 amide bonds. The van der Waals surface area contributed by atoms with Crippen molar-refractivity contribution in [3.63, 3.8) is 0 Å². The first-order valence-corrected chi connectivity index (χ1v) is 4.15. The minimum absolute atomic E-state index is 0.103. The van der Waals surface area contributed by atoms with Gasteiger partial charge in [-0.25, -0.2) is 13.6 Å². The smallest absolute Gasteiger partial charge is 0.323 e. The van der Waals surface area contributed by atoms with E-state index in [4.69, 9.17) is 5.73 Å². The molecule has 2 N–H and O–H groups in total. The molecule has 15 heavy (non-hydrogen) atoms. The number of fused-ring (bicyclic) bond motifs is 1. The van der Waals surface area contributed by atoms with E-state index in [9.17, 15) is 13.6 Å². The normalized spacial score (nSPS) is 11.1. The van der Waals surface area contributed by atoms with Gasteiger partial charge in [0.1, 0.15) is 0 Å². The van der Waals surface area contributed by atoms with Crippen molar-refractivity contribution >= 4 is 17.1 Å². The van der Waals surface area contributed by atoms with Crippen LogP contribution in [0.5, 0.6) is 0 Å². The molecule has 0 radical (unpaired) electrons. The summed E-state index contributed by atoms with van der Waals surface area (Å²) >= 11 is 0. The second-order valence-corrected chi connectivity index (χ2v) is 2.96. The lowest BCUT2D eigenvalue weighted by Gasteiger charge is -1.96. The summed E-state index contributed by atoms with van der Waals surface area (Å²) in [6.45, 7) is 0. The number of pyridine rings is 1. The first kappa shape index (κ1) is 9.57. The number of hydrogen-bond acceptors (Lipinski definition) is 2. The van der Waals surface area contributed by atoms with E-state index in [0.29, 0.717) is 5.52 Å². The Kier molecular flexibility index (Phi) is 2.11. The number of primary amides is 1. The molecular weight excluding hydrogens is 204 g/mol. The summed E-state index contributed by atoms with van der Waals surface area (Å²) in [4.78, 5) is 14.8. The van der Waals surface area contributed by atoms with Crippen molar-refractivity contribution < 1.29 is 13.6 Å². The molecule has 2 rings (SSSR count). The van der Waals surface area contributed by atoms with Gasteiger partial charge in [0.2, 0.25) is 0 Å². The molecule has 6 heteroatoms. The number of hydrogen-bond donors (Lipinski definition) is 1. The van der Waals surface area contributed by atoms with E-state index < -0.39 is 12.5 Å². The van der Waals surface area contributed by atoms with Gasteiger partial charge in [-0.15, -0.1) is 0 Å². The molecule has 0 saturated carbocycles. The highest BCUT2D eigenvalue weighted by Gasteiger charge is 2.18. The molecule has 0 aliphatic rings. The Bertz CT molecular complexity index is 521. The van der Waals surface area contributed by atoms with Crippen molar-refractivity contribution in [1.82, 2.24) is 9.55 Å². The van der Waals surface area contributed by atoms with Gasteiger partial charge >= 0.3 is 6.03 Å². The molecule has 0 aliphatic heterocycles. The fourth-order valence-electron chi connectivity index (χ4n) is 1.43. The molecule has 4 nitrogen and oxygen atoms in total. The van der Waals surface area contributed by atoms with Crippen molar-refractivity contribution in [2.75, 3.05) is 0 Å². The van der Waals surface area contributed by atoms with Crippen LogP contribution in [0, 0.1) is 0 Å². The van der Waals surface area contributed by atoms with Crippen LogP contribution in [0.1, 0.15) is 12.0 Å². The maximum absolute atomic E-state index is 12.6. The lowest BCUT2D eigenvalue weighted by Crippen LogP contribution is -2.18. The van der Waals surface area contributed by atoms with Crippen LogP contribution >= 0.6 is 0 Å². The molecule has 0 aliphatic carbocycles. The summed E-state index contributed by atoms with van der Waals surface area (Å²) in [5, 5.41) is 0. The SMILES string of the molecule is NC(=O)n1cc(C(F)F)c2ncccc21. The summed E-state index contributed by atoms with van der Waals surface area (Å²) in [6.07, 6.45) is -0.271. The van der Waals surface area contributed by atoms with Crippen molar-refractivity contribution in [3.8, 4) is 0 Å². The van der Waals surface area contributed by atoms with Gasteiger partial charge in [0.15, 0.2) is 0 Å². The highest BCUT2D eigenvalue weighted by Crippen LogP contribution is 2.27. The van der Waals surface area contributed by atoms with Crippen molar-refractivity contribution in [1.29, 1.82) is 0 Å². The van der Waals surface area contributed by atoms with Crippen LogP contribution in [0.25, 0.3) is 11.0 Å². The van der Waals surface area contributed by atoms with Crippen LogP contribution < -0.4 is 5.73 Å². The lowest BCUT2D eigenvalue weighted by molar-refractivity contribution is 0.153. The van der Waals surface area contributed by atoms with Crippen LogP contribution in [0.4, 0.5) is 13.6 Å². The monoisotopic (exact) mass is 211 g/mol. The largest absolute Gasteiger partial charge is 0.351 e. The van der Waals surface area contributed by atoms with E-state index >= 15 is 0 Å². The minimum Gasteiger partial charge on any atom is -0.351 e. The molecule has 0 saturated heterocycles. The summed E-state index contributed by atoms with van der Waals surface area (Å²) in [5.74, 6) is 0. The Balaban J connectivity index is 2.79. The molecule has 0 aromatic carbocycles. The molecule has 2 heterocycles. The number of amides is 1. The zero-order valence-corrected chi connectivity index (χ0v) is 7.52. The lowest BCUT2D eigenvalue weighted by atomic mass is 10.3. The predicted molar refractivity (Wildman–Crippen MR) is 49.7 cm³/mol. The van der Waals surface area contributed by atoms with Gasteiger partial charge in [-0.2, -0.15) is 0 Å². The quantitative estimate of drug-likeness (QED) is 0.783. The Hall–Kier alpha value is -1.98. The molecule has 0 fully saturated rings. The number of rotatable bonds is 1. The van der Waals surface area contributed by atoms with E-state index in [1.807, 2.05) is 0 Å². The molecule has 0 spiro atoms. The molecule has 0 bridgehead atoms. The third-order valence-corrected chi connectivity index (χ3v) is 2.06. The number of carbonyl (C=O) groups excluding carboxylic acids is 1. The highest BCUT2D eigenvalue weighted by molar-refractivity contribution is 5.91. The zero-order chi connectivity index (χ0) is 11.0. The number of alkyl halides is 2. The van der Waals surface area contributed by atoms with Gasteiger partial charge in [-0.05, 0) is 12.1 Å². The van der Waals surface area contributed by atoms with E-state index in [1.165, 1.54) is 12.3 Å². The molecule has 78 valence electrons. The standard InChI is InChI=1S/C9H7F2N3O/c10-8(11)5-4-14(9(12)15)6-2-1-3-13-7(5)6/h1-4,8H,(H2,12,15). The van der Waals surface area contributed by atoms with Gasteiger partial charge in [0, 0.05) is 12.4 Å². The zero-order valence-electron chi connectivity index (χ0n) is 7.52. The first-order valence-electron chi connectivity index (χ1n) is 4.15. The maximum atomic E-state index is 12.6. The van der Waals surface area contributed by atoms with Gasteiger partial charge in [0.05, 0.1) is 16.6 Å². The third-order valence-electron chi connectivity index (χ3n) is 2.06. The molecule has 2 aromatic rings. The summed E-state index contributed by atoms with van der Waals surface area (Å²) in [6, 6.07) is 2.26. The van der Waals surface area contributed by atoms with Crippen LogP contribution in [0.2, 0.25) is 0 Å². The predicted octanol–water partition coefficient (Wildman–Crippen LogP) is 1.90. The first-order chi connectivity index (χ1) is 7.11. The Labute approximate surface area is 83.3 Å². The summed E-state index contributed by atoms with van der Waals surface area (Å²) < 4.78 is 26.1. The van der Waals surface area contributed by atoms with E-state index in [-0.39, 0.29) is 11.1 Å². The van der Waals surface area contributed by atoms with Gasteiger partial charge in [-0.1, -0.05) is 0 Å². The number of halogens is 2. The number of carbonyl (C=O) groups is 1. The van der Waals surface area contributed by atoms with E-state index in [0.717, 1.165) is 10.8 Å². The van der Waals surface area contributed by atoms with Crippen molar-refractivity contribution in [3.05, 3.63) is 30.1 Å². The average Bonchev–Trinajstić information content (AvgIpc) is 2.56. The van der Waals surface area contributed by atoms with Crippen molar-refractivity contribution in [2.24, 2.45) is 5.73 Å². The molecular formula is C9H7F2N3O. The van der Waals surface area contributed by atoms with Gasteiger partial charge < -0.3 is 5.73 Å².